The van der Waals surface area contributed by atoms with Gasteiger partial charge in [0.25, 0.3) is 0 Å². The zero-order valence-electron chi connectivity index (χ0n) is 11.8. The number of rotatable bonds is 4. The van der Waals surface area contributed by atoms with Crippen LogP contribution in [0.1, 0.15) is 18.4 Å². The van der Waals surface area contributed by atoms with Crippen LogP contribution in [0.25, 0.3) is 0 Å². The third-order valence-corrected chi connectivity index (χ3v) is 3.32. The van der Waals surface area contributed by atoms with E-state index in [-0.39, 0.29) is 6.54 Å². The van der Waals surface area contributed by atoms with Gasteiger partial charge in [0.15, 0.2) is 0 Å². The highest BCUT2D eigenvalue weighted by Gasteiger charge is 2.27. The number of halogens is 1. The Hall–Kier alpha value is -1.98. The predicted molar refractivity (Wildman–Crippen MR) is 81.5 cm³/mol. The number of aliphatic hydroxyl groups is 1. The van der Waals surface area contributed by atoms with Crippen LogP contribution in [0.4, 0.5) is 10.5 Å². The molecule has 0 saturated carbocycles. The van der Waals surface area contributed by atoms with E-state index < -0.39 is 11.6 Å². The second kappa shape index (κ2) is 6.20. The topological polar surface area (TPSA) is 74.5 Å². The summed E-state index contributed by atoms with van der Waals surface area (Å²) in [6.07, 6.45) is 0. The van der Waals surface area contributed by atoms with Gasteiger partial charge in [-0.2, -0.15) is 0 Å². The highest BCUT2D eigenvalue weighted by molar-refractivity contribution is 6.33. The van der Waals surface area contributed by atoms with Gasteiger partial charge in [-0.3, -0.25) is 0 Å². The Morgan fingerprint density at radius 1 is 1.33 bits per heavy atom. The second-order valence-corrected chi connectivity index (χ2v) is 5.38. The molecule has 1 atom stereocenters. The zero-order chi connectivity index (χ0) is 15.5. The van der Waals surface area contributed by atoms with Crippen molar-refractivity contribution in [2.45, 2.75) is 19.4 Å². The summed E-state index contributed by atoms with van der Waals surface area (Å²) in [5, 5.41) is 16.0. The van der Waals surface area contributed by atoms with Crippen molar-refractivity contribution in [2.24, 2.45) is 0 Å². The Kier molecular flexibility index (Phi) is 4.55. The first-order valence-corrected chi connectivity index (χ1v) is 6.85. The molecule has 1 heterocycles. The number of aryl methyl sites for hydroxylation is 1. The van der Waals surface area contributed by atoms with Crippen LogP contribution in [0.5, 0.6) is 0 Å². The fourth-order valence-corrected chi connectivity index (χ4v) is 1.98. The Morgan fingerprint density at radius 2 is 2.05 bits per heavy atom. The molecule has 5 nitrogen and oxygen atoms in total. The molecule has 2 aromatic rings. The fraction of sp³-hybridized carbons (Fsp3) is 0.267. The molecule has 3 N–H and O–H groups in total. The maximum absolute atomic E-state index is 11.8. The number of hydrogen-bond donors (Lipinski definition) is 3. The van der Waals surface area contributed by atoms with Gasteiger partial charge < -0.3 is 20.2 Å². The average molecular weight is 309 g/mol. The monoisotopic (exact) mass is 308 g/mol. The van der Waals surface area contributed by atoms with E-state index in [0.717, 1.165) is 0 Å². The van der Waals surface area contributed by atoms with Gasteiger partial charge in [-0.05, 0) is 38.1 Å². The number of urea groups is 1. The van der Waals surface area contributed by atoms with Gasteiger partial charge in [0.1, 0.15) is 17.1 Å². The third-order valence-electron chi connectivity index (χ3n) is 2.99. The zero-order valence-corrected chi connectivity index (χ0v) is 12.6. The standard InChI is InChI=1S/C15H17ClN2O3/c1-10-7-8-13(21-10)15(2,20)9-17-14(19)18-12-6-4-3-5-11(12)16/h3-8,20H,9H2,1-2H3,(H2,17,18,19). The molecule has 21 heavy (non-hydrogen) atoms. The number of carbonyl (C=O) groups excluding carboxylic acids is 1. The summed E-state index contributed by atoms with van der Waals surface area (Å²) < 4.78 is 5.38. The molecule has 0 aliphatic rings. The van der Waals surface area contributed by atoms with Crippen LogP contribution in [-0.4, -0.2) is 17.7 Å². The summed E-state index contributed by atoms with van der Waals surface area (Å²) in [4.78, 5) is 11.8. The third kappa shape index (κ3) is 4.00. The Bertz CT molecular complexity index is 637. The van der Waals surface area contributed by atoms with Crippen molar-refractivity contribution in [2.75, 3.05) is 11.9 Å². The lowest BCUT2D eigenvalue weighted by Gasteiger charge is -2.21. The van der Waals surface area contributed by atoms with E-state index in [0.29, 0.717) is 22.2 Å². The van der Waals surface area contributed by atoms with Gasteiger partial charge >= 0.3 is 6.03 Å². The molecular formula is C15H17ClN2O3. The number of amides is 2. The Balaban J connectivity index is 1.93. The summed E-state index contributed by atoms with van der Waals surface area (Å²) in [6, 6.07) is 9.90. The lowest BCUT2D eigenvalue weighted by molar-refractivity contribution is 0.0364. The van der Waals surface area contributed by atoms with Crippen molar-refractivity contribution in [3.05, 3.63) is 52.9 Å². The number of anilines is 1. The fourth-order valence-electron chi connectivity index (χ4n) is 1.79. The van der Waals surface area contributed by atoms with E-state index in [9.17, 15) is 9.90 Å². The van der Waals surface area contributed by atoms with Crippen LogP contribution in [0, 0.1) is 6.92 Å². The molecular weight excluding hydrogens is 292 g/mol. The largest absolute Gasteiger partial charge is 0.463 e. The molecule has 1 unspecified atom stereocenters. The van der Waals surface area contributed by atoms with Crippen molar-refractivity contribution in [1.29, 1.82) is 0 Å². The molecule has 0 aliphatic carbocycles. The molecule has 0 aliphatic heterocycles. The molecule has 112 valence electrons. The maximum Gasteiger partial charge on any atom is 0.319 e. The molecule has 0 fully saturated rings. The summed E-state index contributed by atoms with van der Waals surface area (Å²) in [5.41, 5.74) is -0.781. The summed E-state index contributed by atoms with van der Waals surface area (Å²) >= 11 is 5.95. The number of nitrogens with one attached hydrogen (secondary N) is 2. The summed E-state index contributed by atoms with van der Waals surface area (Å²) in [7, 11) is 0. The average Bonchev–Trinajstić information content (AvgIpc) is 2.87. The van der Waals surface area contributed by atoms with Crippen LogP contribution in [-0.2, 0) is 5.60 Å². The molecule has 0 saturated heterocycles. The van der Waals surface area contributed by atoms with E-state index in [1.807, 2.05) is 0 Å². The molecule has 2 amide bonds. The number of furan rings is 1. The first-order valence-electron chi connectivity index (χ1n) is 6.47. The first kappa shape index (κ1) is 15.4. The molecule has 2 rings (SSSR count). The molecule has 1 aromatic carbocycles. The van der Waals surface area contributed by atoms with E-state index in [1.54, 1.807) is 50.2 Å². The summed E-state index contributed by atoms with van der Waals surface area (Å²) in [5.74, 6) is 1.10. The van der Waals surface area contributed by atoms with Crippen LogP contribution in [0.3, 0.4) is 0 Å². The maximum atomic E-state index is 11.8. The van der Waals surface area contributed by atoms with E-state index in [2.05, 4.69) is 10.6 Å². The highest BCUT2D eigenvalue weighted by atomic mass is 35.5. The minimum Gasteiger partial charge on any atom is -0.463 e. The minimum atomic E-state index is -1.29. The van der Waals surface area contributed by atoms with E-state index in [1.165, 1.54) is 0 Å². The SMILES string of the molecule is Cc1ccc(C(C)(O)CNC(=O)Nc2ccccc2Cl)o1. The molecule has 0 spiro atoms. The van der Waals surface area contributed by atoms with Gasteiger partial charge in [-0.25, -0.2) is 4.79 Å². The summed E-state index contributed by atoms with van der Waals surface area (Å²) in [6.45, 7) is 3.37. The van der Waals surface area contributed by atoms with Gasteiger partial charge in [-0.15, -0.1) is 0 Å². The lowest BCUT2D eigenvalue weighted by atomic mass is 10.0. The minimum absolute atomic E-state index is 0.0102. The number of para-hydroxylation sites is 1. The molecule has 1 aromatic heterocycles. The molecule has 0 radical (unpaired) electrons. The van der Waals surface area contributed by atoms with Crippen molar-refractivity contribution < 1.29 is 14.3 Å². The van der Waals surface area contributed by atoms with Gasteiger partial charge in [0.2, 0.25) is 0 Å². The number of carbonyl (C=O) groups is 1. The van der Waals surface area contributed by atoms with Crippen molar-refractivity contribution in [1.82, 2.24) is 5.32 Å². The highest BCUT2D eigenvalue weighted by Crippen LogP contribution is 2.22. The van der Waals surface area contributed by atoms with Crippen LogP contribution in [0.15, 0.2) is 40.8 Å². The Labute approximate surface area is 127 Å². The smallest absolute Gasteiger partial charge is 0.319 e. The number of benzene rings is 1. The molecule has 0 bridgehead atoms. The quantitative estimate of drug-likeness (QED) is 0.811. The second-order valence-electron chi connectivity index (χ2n) is 4.97. The normalized spacial score (nSPS) is 13.5. The molecule has 6 heteroatoms. The van der Waals surface area contributed by atoms with Crippen molar-refractivity contribution in [3.63, 3.8) is 0 Å². The van der Waals surface area contributed by atoms with E-state index >= 15 is 0 Å². The van der Waals surface area contributed by atoms with Gasteiger partial charge in [0.05, 0.1) is 17.3 Å². The van der Waals surface area contributed by atoms with Crippen molar-refractivity contribution in [3.8, 4) is 0 Å². The van der Waals surface area contributed by atoms with Crippen molar-refractivity contribution >= 4 is 23.3 Å². The predicted octanol–water partition coefficient (Wildman–Crippen LogP) is 3.27. The van der Waals surface area contributed by atoms with Crippen LogP contribution >= 0.6 is 11.6 Å². The Morgan fingerprint density at radius 3 is 2.67 bits per heavy atom. The van der Waals surface area contributed by atoms with Crippen LogP contribution in [0.2, 0.25) is 5.02 Å². The number of hydrogen-bond acceptors (Lipinski definition) is 3. The van der Waals surface area contributed by atoms with Gasteiger partial charge in [0, 0.05) is 0 Å². The van der Waals surface area contributed by atoms with Crippen LogP contribution < -0.4 is 10.6 Å². The van der Waals surface area contributed by atoms with Gasteiger partial charge in [-0.1, -0.05) is 23.7 Å². The lowest BCUT2D eigenvalue weighted by Crippen LogP contribution is -2.40. The first-order chi connectivity index (χ1) is 9.88. The van der Waals surface area contributed by atoms with E-state index in [4.69, 9.17) is 16.0 Å².